The maximum atomic E-state index is 13.7. The summed E-state index contributed by atoms with van der Waals surface area (Å²) in [5.41, 5.74) is 2.58. The van der Waals surface area contributed by atoms with Gasteiger partial charge in [0.2, 0.25) is 5.91 Å². The van der Waals surface area contributed by atoms with Crippen molar-refractivity contribution in [2.45, 2.75) is 77.0 Å². The van der Waals surface area contributed by atoms with Gasteiger partial charge < -0.3 is 10.0 Å². The number of amides is 1. The lowest BCUT2D eigenvalue weighted by molar-refractivity contribution is -0.141. The van der Waals surface area contributed by atoms with Crippen LogP contribution in [0.4, 0.5) is 0 Å². The largest absolute Gasteiger partial charge is 0.478 e. The van der Waals surface area contributed by atoms with Gasteiger partial charge in [-0.3, -0.25) is 4.79 Å². The van der Waals surface area contributed by atoms with Crippen molar-refractivity contribution in [2.24, 2.45) is 17.8 Å². The molecule has 1 N–H and O–H groups in total. The summed E-state index contributed by atoms with van der Waals surface area (Å²) in [6, 6.07) is 7.11. The smallest absolute Gasteiger partial charge is 0.335 e. The van der Waals surface area contributed by atoms with Crippen LogP contribution in [0.5, 0.6) is 0 Å². The third-order valence-electron chi connectivity index (χ3n) is 7.82. The van der Waals surface area contributed by atoms with E-state index in [-0.39, 0.29) is 5.92 Å². The molecule has 31 heavy (non-hydrogen) atoms. The Hall–Kier alpha value is -2.10. The first kappa shape index (κ1) is 22.1. The summed E-state index contributed by atoms with van der Waals surface area (Å²) in [4.78, 5) is 27.1. The molecule has 1 aromatic rings. The number of carbonyl (C=O) groups excluding carboxylic acids is 1. The number of rotatable bonds is 5. The molecular weight excluding hydrogens is 386 g/mol. The first-order chi connectivity index (χ1) is 15.1. The summed E-state index contributed by atoms with van der Waals surface area (Å²) in [7, 11) is 0. The molecule has 1 aliphatic heterocycles. The molecule has 1 heterocycles. The van der Waals surface area contributed by atoms with Crippen molar-refractivity contribution in [3.63, 3.8) is 0 Å². The number of carboxylic acid groups (broad SMARTS) is 1. The molecule has 2 aliphatic carbocycles. The lowest BCUT2D eigenvalue weighted by atomic mass is 9.69. The highest BCUT2D eigenvalue weighted by Gasteiger charge is 2.38. The third-order valence-corrected chi connectivity index (χ3v) is 7.82. The molecule has 0 spiro atoms. The summed E-state index contributed by atoms with van der Waals surface area (Å²) in [5.74, 6) is 0.987. The van der Waals surface area contributed by atoms with Crippen molar-refractivity contribution < 1.29 is 14.7 Å². The zero-order valence-corrected chi connectivity index (χ0v) is 18.7. The molecule has 4 heteroatoms. The van der Waals surface area contributed by atoms with Gasteiger partial charge in [-0.25, -0.2) is 4.79 Å². The van der Waals surface area contributed by atoms with E-state index in [9.17, 15) is 14.7 Å². The molecule has 4 nitrogen and oxygen atoms in total. The zero-order chi connectivity index (χ0) is 21.6. The summed E-state index contributed by atoms with van der Waals surface area (Å²) in [6.45, 7) is 1.61. The van der Waals surface area contributed by atoms with Crippen LogP contribution >= 0.6 is 0 Å². The van der Waals surface area contributed by atoms with E-state index in [0.29, 0.717) is 23.3 Å². The molecule has 1 saturated heterocycles. The van der Waals surface area contributed by atoms with Crippen LogP contribution in [0.2, 0.25) is 0 Å². The minimum atomic E-state index is -0.892. The summed E-state index contributed by atoms with van der Waals surface area (Å²) < 4.78 is 0. The van der Waals surface area contributed by atoms with Gasteiger partial charge in [0.05, 0.1) is 5.56 Å². The van der Waals surface area contributed by atoms with E-state index in [0.717, 1.165) is 31.5 Å². The van der Waals surface area contributed by atoms with Gasteiger partial charge in [-0.15, -0.1) is 0 Å². The van der Waals surface area contributed by atoms with E-state index in [1.165, 1.54) is 69.8 Å². The zero-order valence-electron chi connectivity index (χ0n) is 18.7. The Morgan fingerprint density at radius 1 is 0.903 bits per heavy atom. The van der Waals surface area contributed by atoms with Crippen molar-refractivity contribution in [1.82, 2.24) is 4.90 Å². The number of carbonyl (C=O) groups is 2. The number of likely N-dealkylation sites (tertiary alicyclic amines) is 1. The maximum absolute atomic E-state index is 13.7. The Morgan fingerprint density at radius 3 is 2.03 bits per heavy atom. The first-order valence-electron chi connectivity index (χ1n) is 12.4. The number of hydrogen-bond acceptors (Lipinski definition) is 2. The molecule has 0 bridgehead atoms. The lowest BCUT2D eigenvalue weighted by Gasteiger charge is -2.40. The van der Waals surface area contributed by atoms with Crippen LogP contribution < -0.4 is 0 Å². The first-order valence-corrected chi connectivity index (χ1v) is 12.4. The lowest BCUT2D eigenvalue weighted by Crippen LogP contribution is -2.45. The van der Waals surface area contributed by atoms with Crippen LogP contribution in [0.3, 0.4) is 0 Å². The molecule has 0 radical (unpaired) electrons. The maximum Gasteiger partial charge on any atom is 0.335 e. The molecule has 0 atom stereocenters. The normalized spacial score (nSPS) is 21.3. The molecule has 0 unspecified atom stereocenters. The second kappa shape index (κ2) is 10.5. The van der Waals surface area contributed by atoms with Crippen LogP contribution in [0.15, 0.2) is 29.8 Å². The number of nitrogens with zero attached hydrogens (tertiary/aromatic N) is 1. The van der Waals surface area contributed by atoms with E-state index in [1.807, 2.05) is 6.07 Å². The third kappa shape index (κ3) is 5.58. The van der Waals surface area contributed by atoms with Gasteiger partial charge in [-0.2, -0.15) is 0 Å². The molecular formula is C27H37NO3. The van der Waals surface area contributed by atoms with Crippen LogP contribution in [-0.4, -0.2) is 35.0 Å². The summed E-state index contributed by atoms with van der Waals surface area (Å²) >= 11 is 0. The van der Waals surface area contributed by atoms with Crippen LogP contribution in [-0.2, 0) is 4.79 Å². The molecule has 1 aromatic carbocycles. The summed E-state index contributed by atoms with van der Waals surface area (Å²) in [6.07, 6.45) is 16.7. The van der Waals surface area contributed by atoms with Gasteiger partial charge in [-0.05, 0) is 68.1 Å². The van der Waals surface area contributed by atoms with Crippen molar-refractivity contribution >= 4 is 18.0 Å². The fourth-order valence-corrected chi connectivity index (χ4v) is 6.14. The van der Waals surface area contributed by atoms with Crippen LogP contribution in [0.1, 0.15) is 93.0 Å². The van der Waals surface area contributed by atoms with E-state index < -0.39 is 5.97 Å². The predicted octanol–water partition coefficient (Wildman–Crippen LogP) is 6.17. The van der Waals surface area contributed by atoms with Crippen LogP contribution in [0.25, 0.3) is 6.08 Å². The second-order valence-corrected chi connectivity index (χ2v) is 9.88. The molecule has 3 fully saturated rings. The van der Waals surface area contributed by atoms with Gasteiger partial charge in [0.25, 0.3) is 0 Å². The van der Waals surface area contributed by atoms with Crippen molar-refractivity contribution in [1.29, 1.82) is 0 Å². The van der Waals surface area contributed by atoms with Gasteiger partial charge in [0.1, 0.15) is 0 Å². The number of carboxylic acids is 1. The van der Waals surface area contributed by atoms with E-state index in [4.69, 9.17) is 0 Å². The highest BCUT2D eigenvalue weighted by atomic mass is 16.4. The molecule has 168 valence electrons. The van der Waals surface area contributed by atoms with E-state index >= 15 is 0 Å². The Balaban J connectivity index is 1.41. The number of benzene rings is 1. The standard InChI is InChI=1S/C27H37NO3/c29-26(25(22-9-3-1-4-10-22)23-11-5-2-6-12-23)28-16-14-20(15-17-28)18-21-8-7-13-24(19-21)27(30)31/h7-8,13,18-19,22-23,25H,1-6,9-12,14-17H2,(H,30,31). The van der Waals surface area contributed by atoms with Gasteiger partial charge in [0.15, 0.2) is 0 Å². The number of piperidine rings is 1. The fraction of sp³-hybridized carbons (Fsp3) is 0.630. The van der Waals surface area contributed by atoms with Crippen molar-refractivity contribution in [3.8, 4) is 0 Å². The molecule has 4 rings (SSSR count). The van der Waals surface area contributed by atoms with E-state index in [2.05, 4.69) is 11.0 Å². The SMILES string of the molecule is O=C(O)c1cccc(C=C2CCN(C(=O)C(C3CCCCC3)C3CCCCC3)CC2)c1. The highest BCUT2D eigenvalue weighted by Crippen LogP contribution is 2.41. The topological polar surface area (TPSA) is 57.6 Å². The quantitative estimate of drug-likeness (QED) is 0.616. The molecule has 0 aromatic heterocycles. The second-order valence-electron chi connectivity index (χ2n) is 9.88. The predicted molar refractivity (Wildman–Crippen MR) is 124 cm³/mol. The number of aromatic carboxylic acids is 1. The Morgan fingerprint density at radius 2 is 1.48 bits per heavy atom. The Bertz CT molecular complexity index is 774. The minimum absolute atomic E-state index is 0.248. The number of hydrogen-bond donors (Lipinski definition) is 1. The minimum Gasteiger partial charge on any atom is -0.478 e. The average molecular weight is 424 g/mol. The Labute approximate surface area is 186 Å². The monoisotopic (exact) mass is 423 g/mol. The van der Waals surface area contributed by atoms with Gasteiger partial charge in [0, 0.05) is 19.0 Å². The van der Waals surface area contributed by atoms with Crippen molar-refractivity contribution in [3.05, 3.63) is 41.0 Å². The van der Waals surface area contributed by atoms with E-state index in [1.54, 1.807) is 18.2 Å². The van der Waals surface area contributed by atoms with Gasteiger partial charge >= 0.3 is 5.97 Å². The summed E-state index contributed by atoms with van der Waals surface area (Å²) in [5, 5.41) is 9.21. The molecule has 3 aliphatic rings. The average Bonchev–Trinajstić information content (AvgIpc) is 2.81. The highest BCUT2D eigenvalue weighted by molar-refractivity contribution is 5.88. The fourth-order valence-electron chi connectivity index (χ4n) is 6.14. The molecule has 1 amide bonds. The molecule has 2 saturated carbocycles. The van der Waals surface area contributed by atoms with Crippen molar-refractivity contribution in [2.75, 3.05) is 13.1 Å². The Kier molecular flexibility index (Phi) is 7.47. The van der Waals surface area contributed by atoms with Crippen LogP contribution in [0, 0.1) is 17.8 Å². The van der Waals surface area contributed by atoms with Gasteiger partial charge in [-0.1, -0.05) is 62.3 Å².